The van der Waals surface area contributed by atoms with Crippen molar-refractivity contribution in [3.8, 4) is 11.1 Å². The van der Waals surface area contributed by atoms with Gasteiger partial charge in [0.1, 0.15) is 0 Å². The summed E-state index contributed by atoms with van der Waals surface area (Å²) in [5.41, 5.74) is 5.24. The normalized spacial score (nSPS) is 12.4. The summed E-state index contributed by atoms with van der Waals surface area (Å²) in [6.45, 7) is 0.437. The largest absolute Gasteiger partial charge is 0.353 e. The van der Waals surface area contributed by atoms with Gasteiger partial charge >= 0.3 is 0 Å². The Kier molecular flexibility index (Phi) is 6.36. The lowest BCUT2D eigenvalue weighted by Crippen LogP contribution is -2.26. The number of sulfonamides is 1. The monoisotopic (exact) mass is 516 g/mol. The molecule has 0 saturated carbocycles. The number of H-pyrrole nitrogens is 1. The maximum Gasteiger partial charge on any atom is 0.257 e. The highest BCUT2D eigenvalue weighted by Gasteiger charge is 2.21. The Balaban J connectivity index is 1.39. The molecule has 5 rings (SSSR count). The Morgan fingerprint density at radius 3 is 2.57 bits per heavy atom. The van der Waals surface area contributed by atoms with Gasteiger partial charge in [-0.2, -0.15) is 0 Å². The van der Waals surface area contributed by atoms with E-state index in [4.69, 9.17) is 0 Å². The second-order valence-electron chi connectivity index (χ2n) is 8.60. The molecule has 3 aromatic carbocycles. The number of para-hydroxylation sites is 1. The van der Waals surface area contributed by atoms with Gasteiger partial charge in [0.15, 0.2) is 0 Å². The van der Waals surface area contributed by atoms with Crippen molar-refractivity contribution in [2.45, 2.75) is 6.42 Å². The second kappa shape index (κ2) is 9.78. The van der Waals surface area contributed by atoms with Crippen LogP contribution in [0.15, 0.2) is 73.2 Å². The summed E-state index contributed by atoms with van der Waals surface area (Å²) in [5.74, 6) is -0.581. The van der Waals surface area contributed by atoms with E-state index in [1.54, 1.807) is 67.1 Å². The highest BCUT2D eigenvalue weighted by Crippen LogP contribution is 2.37. The van der Waals surface area contributed by atoms with Crippen LogP contribution >= 0.6 is 0 Å². The molecule has 37 heavy (non-hydrogen) atoms. The summed E-state index contributed by atoms with van der Waals surface area (Å²) in [6, 6.07) is 17.3. The number of carbonyl (C=O) groups is 2. The molecule has 188 valence electrons. The molecular formula is C26H24N6O4S. The van der Waals surface area contributed by atoms with E-state index in [-0.39, 0.29) is 11.8 Å². The Morgan fingerprint density at radius 2 is 1.78 bits per heavy atom. The first-order valence-corrected chi connectivity index (χ1v) is 13.3. The zero-order chi connectivity index (χ0) is 26.0. The van der Waals surface area contributed by atoms with E-state index in [1.165, 1.54) is 0 Å². The quantitative estimate of drug-likeness (QED) is 0.253. The molecule has 0 radical (unpaired) electrons. The molecule has 0 spiro atoms. The maximum atomic E-state index is 13.0. The van der Waals surface area contributed by atoms with Crippen molar-refractivity contribution in [1.29, 1.82) is 0 Å². The van der Waals surface area contributed by atoms with Crippen molar-refractivity contribution in [3.63, 3.8) is 0 Å². The minimum atomic E-state index is -3.48. The third-order valence-corrected chi connectivity index (χ3v) is 6.42. The summed E-state index contributed by atoms with van der Waals surface area (Å²) in [6.07, 6.45) is 5.01. The molecule has 0 unspecified atom stereocenters. The second-order valence-corrected chi connectivity index (χ2v) is 10.4. The number of anilines is 4. The topological polar surface area (TPSA) is 145 Å². The zero-order valence-electron chi connectivity index (χ0n) is 19.8. The molecule has 11 heteroatoms. The van der Waals surface area contributed by atoms with Gasteiger partial charge in [0.25, 0.3) is 11.8 Å². The van der Waals surface area contributed by atoms with Gasteiger partial charge in [-0.25, -0.2) is 13.4 Å². The van der Waals surface area contributed by atoms with Crippen molar-refractivity contribution < 1.29 is 18.0 Å². The lowest BCUT2D eigenvalue weighted by molar-refractivity contribution is 0.0952. The maximum absolute atomic E-state index is 13.0. The molecule has 5 N–H and O–H groups in total. The molecule has 10 nitrogen and oxygen atoms in total. The summed E-state index contributed by atoms with van der Waals surface area (Å²) in [5, 5.41) is 9.01. The van der Waals surface area contributed by atoms with Crippen LogP contribution in [-0.2, 0) is 16.4 Å². The van der Waals surface area contributed by atoms with Crippen LogP contribution in [0.1, 0.15) is 26.4 Å². The molecule has 0 saturated heterocycles. The lowest BCUT2D eigenvalue weighted by Gasteiger charge is -2.14. The number of hydrogen-bond acceptors (Lipinski definition) is 6. The molecule has 4 aromatic rings. The highest BCUT2D eigenvalue weighted by molar-refractivity contribution is 7.92. The van der Waals surface area contributed by atoms with Gasteiger partial charge < -0.3 is 20.9 Å². The number of fused-ring (bicyclic) bond motifs is 2. The van der Waals surface area contributed by atoms with Crippen LogP contribution < -0.4 is 20.7 Å². The fourth-order valence-electron chi connectivity index (χ4n) is 4.10. The molecule has 0 fully saturated rings. The van der Waals surface area contributed by atoms with E-state index in [2.05, 4.69) is 30.6 Å². The summed E-state index contributed by atoms with van der Waals surface area (Å²) in [4.78, 5) is 32.6. The number of nitrogens with one attached hydrogen (secondary N) is 5. The van der Waals surface area contributed by atoms with E-state index >= 15 is 0 Å². The molecule has 0 atom stereocenters. The standard InChI is InChI=1S/C26H24N6O4S/c1-37(35,36)32-21-5-3-2-4-19(21)16-6-8-20-23(12-16)30-22-9-7-17(13-24(22)31-26(20)34)25(33)28-11-10-18-14-27-15-29-18/h2-9,12-15,30,32H,10-11H2,1H3,(H,27,29)(H,28,33)(H,31,34). The number of aromatic amines is 1. The molecule has 2 amide bonds. The summed E-state index contributed by atoms with van der Waals surface area (Å²) >= 11 is 0. The Labute approximate surface area is 213 Å². The average molecular weight is 517 g/mol. The van der Waals surface area contributed by atoms with Gasteiger partial charge in [0, 0.05) is 36.0 Å². The van der Waals surface area contributed by atoms with E-state index in [1.807, 2.05) is 6.07 Å². The highest BCUT2D eigenvalue weighted by atomic mass is 32.2. The molecular weight excluding hydrogens is 492 g/mol. The van der Waals surface area contributed by atoms with Crippen molar-refractivity contribution in [3.05, 3.63) is 90.0 Å². The number of nitrogens with zero attached hydrogens (tertiary/aromatic N) is 1. The molecule has 1 aliphatic rings. The molecule has 0 bridgehead atoms. The van der Waals surface area contributed by atoms with Crippen molar-refractivity contribution in [2.75, 3.05) is 28.2 Å². The van der Waals surface area contributed by atoms with Crippen LogP contribution in [0.4, 0.5) is 22.7 Å². The van der Waals surface area contributed by atoms with Crippen LogP contribution in [0.5, 0.6) is 0 Å². The lowest BCUT2D eigenvalue weighted by atomic mass is 10.0. The van der Waals surface area contributed by atoms with Crippen LogP contribution in [0, 0.1) is 0 Å². The molecule has 1 aromatic heterocycles. The fourth-order valence-corrected chi connectivity index (χ4v) is 4.68. The first kappa shape index (κ1) is 24.1. The van der Waals surface area contributed by atoms with Gasteiger partial charge in [-0.3, -0.25) is 14.3 Å². The fraction of sp³-hybridized carbons (Fsp3) is 0.115. The van der Waals surface area contributed by atoms with Gasteiger partial charge in [-0.1, -0.05) is 24.3 Å². The number of aromatic nitrogens is 2. The smallest absolute Gasteiger partial charge is 0.257 e. The van der Waals surface area contributed by atoms with Gasteiger partial charge in [-0.15, -0.1) is 0 Å². The van der Waals surface area contributed by atoms with Crippen molar-refractivity contribution in [1.82, 2.24) is 15.3 Å². The van der Waals surface area contributed by atoms with Crippen molar-refractivity contribution in [2.24, 2.45) is 0 Å². The van der Waals surface area contributed by atoms with Gasteiger partial charge in [-0.05, 0) is 42.0 Å². The van der Waals surface area contributed by atoms with Crippen LogP contribution in [-0.4, -0.2) is 43.0 Å². The minimum absolute atomic E-state index is 0.254. The first-order chi connectivity index (χ1) is 17.8. The number of rotatable bonds is 7. The SMILES string of the molecule is CS(=O)(=O)Nc1ccccc1-c1ccc2c(c1)Nc1ccc(C(=O)NCCc3cnc[nH]3)cc1NC2=O. The third-order valence-electron chi connectivity index (χ3n) is 5.83. The Bertz CT molecular complexity index is 1600. The first-order valence-electron chi connectivity index (χ1n) is 11.5. The predicted octanol–water partition coefficient (Wildman–Crippen LogP) is 3.73. The number of imidazole rings is 1. The Morgan fingerprint density at radius 1 is 0.946 bits per heavy atom. The molecule has 2 heterocycles. The summed E-state index contributed by atoms with van der Waals surface area (Å²) in [7, 11) is -3.48. The molecule has 0 aliphatic carbocycles. The van der Waals surface area contributed by atoms with Crippen LogP contribution in [0.3, 0.4) is 0 Å². The van der Waals surface area contributed by atoms with Crippen LogP contribution in [0.2, 0.25) is 0 Å². The van der Waals surface area contributed by atoms with Crippen LogP contribution in [0.25, 0.3) is 11.1 Å². The van der Waals surface area contributed by atoms with Crippen molar-refractivity contribution >= 4 is 44.6 Å². The van der Waals surface area contributed by atoms with E-state index in [0.717, 1.165) is 17.5 Å². The minimum Gasteiger partial charge on any atom is -0.353 e. The van der Waals surface area contributed by atoms with E-state index in [9.17, 15) is 18.0 Å². The molecule has 1 aliphatic heterocycles. The number of amides is 2. The van der Waals surface area contributed by atoms with E-state index in [0.29, 0.717) is 52.4 Å². The summed E-state index contributed by atoms with van der Waals surface area (Å²) < 4.78 is 26.2. The third kappa shape index (κ3) is 5.46. The number of hydrogen-bond donors (Lipinski definition) is 5. The number of carbonyl (C=O) groups excluding carboxylic acids is 2. The van der Waals surface area contributed by atoms with Gasteiger partial charge in [0.2, 0.25) is 10.0 Å². The average Bonchev–Trinajstić information content (AvgIpc) is 3.33. The predicted molar refractivity (Wildman–Crippen MR) is 143 cm³/mol. The van der Waals surface area contributed by atoms with E-state index < -0.39 is 10.0 Å². The van der Waals surface area contributed by atoms with Gasteiger partial charge in [0.05, 0.1) is 40.9 Å². The zero-order valence-corrected chi connectivity index (χ0v) is 20.6. The Hall–Kier alpha value is -4.64. The number of benzene rings is 3.